The number of nitrogens with zero attached hydrogens (tertiary/aromatic N) is 3. The molecule has 0 aliphatic rings. The van der Waals surface area contributed by atoms with Crippen molar-refractivity contribution in [2.45, 2.75) is 20.4 Å². The zero-order valence-electron chi connectivity index (χ0n) is 10.8. The van der Waals surface area contributed by atoms with Gasteiger partial charge in [0.05, 0.1) is 17.4 Å². The molecule has 0 aliphatic heterocycles. The first-order chi connectivity index (χ1) is 9.15. The predicted octanol–water partition coefficient (Wildman–Crippen LogP) is 2.05. The van der Waals surface area contributed by atoms with Crippen LogP contribution in [0.25, 0.3) is 10.9 Å². The number of fused-ring (bicyclic) bond motifs is 1. The smallest absolute Gasteiger partial charge is 0.261 e. The Labute approximate surface area is 109 Å². The molecule has 0 radical (unpaired) electrons. The molecule has 0 bridgehead atoms. The molecule has 19 heavy (non-hydrogen) atoms. The van der Waals surface area contributed by atoms with Gasteiger partial charge in [-0.2, -0.15) is 0 Å². The Hall–Kier alpha value is -2.43. The summed E-state index contributed by atoms with van der Waals surface area (Å²) in [5.74, 6) is 1.40. The van der Waals surface area contributed by atoms with Crippen molar-refractivity contribution in [3.8, 4) is 0 Å². The van der Waals surface area contributed by atoms with Crippen LogP contribution in [0.5, 0.6) is 0 Å². The molecule has 0 atom stereocenters. The summed E-state index contributed by atoms with van der Waals surface area (Å²) in [4.78, 5) is 16.9. The fourth-order valence-corrected chi connectivity index (χ4v) is 2.12. The molecule has 0 N–H and O–H groups in total. The molecule has 5 heteroatoms. The summed E-state index contributed by atoms with van der Waals surface area (Å²) in [5.41, 5.74) is 1.39. The average Bonchev–Trinajstić information content (AvgIpc) is 2.80. The van der Waals surface area contributed by atoms with E-state index in [2.05, 4.69) is 10.1 Å². The number of rotatable bonds is 2. The van der Waals surface area contributed by atoms with Crippen molar-refractivity contribution in [1.29, 1.82) is 0 Å². The van der Waals surface area contributed by atoms with Gasteiger partial charge in [0, 0.05) is 6.07 Å². The lowest BCUT2D eigenvalue weighted by Gasteiger charge is -2.08. The normalized spacial score (nSPS) is 11.1. The van der Waals surface area contributed by atoms with Crippen LogP contribution < -0.4 is 5.56 Å². The van der Waals surface area contributed by atoms with Gasteiger partial charge in [0.25, 0.3) is 5.56 Å². The monoisotopic (exact) mass is 255 g/mol. The third kappa shape index (κ3) is 2.03. The van der Waals surface area contributed by atoms with E-state index in [9.17, 15) is 4.79 Å². The molecular weight excluding hydrogens is 242 g/mol. The van der Waals surface area contributed by atoms with E-state index in [1.54, 1.807) is 10.6 Å². The minimum atomic E-state index is -0.0521. The van der Waals surface area contributed by atoms with Gasteiger partial charge in [-0.25, -0.2) is 4.98 Å². The summed E-state index contributed by atoms with van der Waals surface area (Å²) in [7, 11) is 0. The number of hydrogen-bond acceptors (Lipinski definition) is 4. The van der Waals surface area contributed by atoms with Crippen molar-refractivity contribution in [2.75, 3.05) is 0 Å². The lowest BCUT2D eigenvalue weighted by Crippen LogP contribution is -2.24. The fraction of sp³-hybridized carbons (Fsp3) is 0.214. The number of hydrogen-bond donors (Lipinski definition) is 0. The molecule has 0 spiro atoms. The van der Waals surface area contributed by atoms with Crippen LogP contribution in [0.3, 0.4) is 0 Å². The maximum atomic E-state index is 12.4. The van der Waals surface area contributed by atoms with Gasteiger partial charge in [0.1, 0.15) is 17.3 Å². The quantitative estimate of drug-likeness (QED) is 0.703. The molecule has 3 aromatic rings. The van der Waals surface area contributed by atoms with E-state index < -0.39 is 0 Å². The Kier molecular flexibility index (Phi) is 2.67. The lowest BCUT2D eigenvalue weighted by molar-refractivity contribution is 0.388. The summed E-state index contributed by atoms with van der Waals surface area (Å²) in [6, 6.07) is 9.16. The summed E-state index contributed by atoms with van der Waals surface area (Å²) in [6.45, 7) is 4.02. The summed E-state index contributed by atoms with van der Waals surface area (Å²) >= 11 is 0. The van der Waals surface area contributed by atoms with Gasteiger partial charge in [-0.1, -0.05) is 17.3 Å². The van der Waals surface area contributed by atoms with Crippen LogP contribution in [0.4, 0.5) is 0 Å². The zero-order valence-corrected chi connectivity index (χ0v) is 10.8. The zero-order chi connectivity index (χ0) is 13.4. The predicted molar refractivity (Wildman–Crippen MR) is 71.1 cm³/mol. The van der Waals surface area contributed by atoms with Gasteiger partial charge < -0.3 is 4.52 Å². The molecule has 0 saturated heterocycles. The molecule has 0 aliphatic carbocycles. The minimum Gasteiger partial charge on any atom is -0.361 e. The third-order valence-corrected chi connectivity index (χ3v) is 3.05. The first-order valence-electron chi connectivity index (χ1n) is 6.03. The number of benzene rings is 1. The maximum absolute atomic E-state index is 12.4. The molecular formula is C14H13N3O2. The Bertz CT molecular complexity index is 802. The van der Waals surface area contributed by atoms with E-state index in [1.165, 1.54) is 0 Å². The maximum Gasteiger partial charge on any atom is 0.261 e. The molecule has 1 aromatic carbocycles. The van der Waals surface area contributed by atoms with Crippen molar-refractivity contribution in [1.82, 2.24) is 14.7 Å². The van der Waals surface area contributed by atoms with Crippen LogP contribution in [-0.2, 0) is 6.54 Å². The highest BCUT2D eigenvalue weighted by Gasteiger charge is 2.09. The second kappa shape index (κ2) is 4.35. The first-order valence-corrected chi connectivity index (χ1v) is 6.03. The van der Waals surface area contributed by atoms with E-state index in [0.29, 0.717) is 17.8 Å². The molecule has 0 amide bonds. The minimum absolute atomic E-state index is 0.0521. The summed E-state index contributed by atoms with van der Waals surface area (Å²) < 4.78 is 6.63. The van der Waals surface area contributed by atoms with E-state index in [1.807, 2.05) is 38.1 Å². The summed E-state index contributed by atoms with van der Waals surface area (Å²) in [6.07, 6.45) is 0. The molecule has 0 saturated carbocycles. The van der Waals surface area contributed by atoms with E-state index >= 15 is 0 Å². The van der Waals surface area contributed by atoms with Gasteiger partial charge in [-0.05, 0) is 26.0 Å². The van der Waals surface area contributed by atoms with E-state index in [0.717, 1.165) is 17.0 Å². The Morgan fingerprint density at radius 3 is 2.79 bits per heavy atom. The second-order valence-corrected chi connectivity index (χ2v) is 4.50. The van der Waals surface area contributed by atoms with E-state index in [4.69, 9.17) is 4.52 Å². The van der Waals surface area contributed by atoms with Crippen molar-refractivity contribution >= 4 is 10.9 Å². The Morgan fingerprint density at radius 1 is 1.26 bits per heavy atom. The number of aromatic nitrogens is 3. The summed E-state index contributed by atoms with van der Waals surface area (Å²) in [5, 5.41) is 4.53. The Morgan fingerprint density at radius 2 is 2.05 bits per heavy atom. The van der Waals surface area contributed by atoms with Crippen molar-refractivity contribution in [3.63, 3.8) is 0 Å². The van der Waals surface area contributed by atoms with Crippen LogP contribution in [0.15, 0.2) is 39.6 Å². The van der Waals surface area contributed by atoms with Gasteiger partial charge in [-0.15, -0.1) is 0 Å². The van der Waals surface area contributed by atoms with Crippen LogP contribution in [0.2, 0.25) is 0 Å². The fourth-order valence-electron chi connectivity index (χ4n) is 2.12. The van der Waals surface area contributed by atoms with Crippen molar-refractivity contribution in [3.05, 3.63) is 58.0 Å². The highest BCUT2D eigenvalue weighted by molar-refractivity contribution is 5.77. The molecule has 2 heterocycles. The van der Waals surface area contributed by atoms with E-state index in [-0.39, 0.29) is 5.56 Å². The molecule has 0 unspecified atom stereocenters. The average molecular weight is 255 g/mol. The van der Waals surface area contributed by atoms with Gasteiger partial charge >= 0.3 is 0 Å². The SMILES string of the molecule is Cc1cc(Cn2c(C)nc3ccccc3c2=O)no1. The van der Waals surface area contributed by atoms with Crippen LogP contribution in [0, 0.1) is 13.8 Å². The first kappa shape index (κ1) is 11.6. The third-order valence-electron chi connectivity index (χ3n) is 3.05. The second-order valence-electron chi connectivity index (χ2n) is 4.50. The van der Waals surface area contributed by atoms with Crippen LogP contribution in [-0.4, -0.2) is 14.7 Å². The molecule has 2 aromatic heterocycles. The van der Waals surface area contributed by atoms with Crippen molar-refractivity contribution in [2.24, 2.45) is 0 Å². The molecule has 3 rings (SSSR count). The molecule has 5 nitrogen and oxygen atoms in total. The highest BCUT2D eigenvalue weighted by atomic mass is 16.5. The van der Waals surface area contributed by atoms with Crippen LogP contribution in [0.1, 0.15) is 17.3 Å². The van der Waals surface area contributed by atoms with Crippen molar-refractivity contribution < 1.29 is 4.52 Å². The topological polar surface area (TPSA) is 60.9 Å². The number of para-hydroxylation sites is 1. The van der Waals surface area contributed by atoms with Gasteiger partial charge in [0.15, 0.2) is 0 Å². The molecule has 96 valence electrons. The standard InChI is InChI=1S/C14H13N3O2/c1-9-7-11(16-19-9)8-17-10(2)15-13-6-4-3-5-12(13)14(17)18/h3-7H,8H2,1-2H3. The molecule has 0 fully saturated rings. The van der Waals surface area contributed by atoms with Crippen LogP contribution >= 0.6 is 0 Å². The van der Waals surface area contributed by atoms with Gasteiger partial charge in [-0.3, -0.25) is 9.36 Å². The lowest BCUT2D eigenvalue weighted by atomic mass is 10.2. The largest absolute Gasteiger partial charge is 0.361 e. The number of aryl methyl sites for hydroxylation is 2. The highest BCUT2D eigenvalue weighted by Crippen LogP contribution is 2.09. The van der Waals surface area contributed by atoms with Gasteiger partial charge in [0.2, 0.25) is 0 Å². The Balaban J connectivity index is 2.15.